The van der Waals surface area contributed by atoms with Gasteiger partial charge in [-0.05, 0) is 70.1 Å². The van der Waals surface area contributed by atoms with Crippen LogP contribution in [-0.2, 0) is 6.54 Å². The predicted molar refractivity (Wildman–Crippen MR) is 150 cm³/mol. The van der Waals surface area contributed by atoms with E-state index in [0.29, 0.717) is 39.1 Å². The smallest absolute Gasteiger partial charge is 0.254 e. The van der Waals surface area contributed by atoms with Crippen molar-refractivity contribution in [2.24, 2.45) is 5.92 Å². The van der Waals surface area contributed by atoms with Crippen LogP contribution in [0.4, 0.5) is 0 Å². The lowest BCUT2D eigenvalue weighted by atomic mass is 9.77. The lowest BCUT2D eigenvalue weighted by Crippen LogP contribution is -2.44. The van der Waals surface area contributed by atoms with Crippen molar-refractivity contribution in [1.82, 2.24) is 15.3 Å². The zero-order valence-corrected chi connectivity index (χ0v) is 23.6. The van der Waals surface area contributed by atoms with Crippen molar-refractivity contribution in [3.05, 3.63) is 80.0 Å². The fourth-order valence-electron chi connectivity index (χ4n) is 5.58. The van der Waals surface area contributed by atoms with Crippen LogP contribution in [0.3, 0.4) is 0 Å². The number of rotatable bonds is 6. The Morgan fingerprint density at radius 2 is 1.92 bits per heavy atom. The Hall–Kier alpha value is -2.97. The second-order valence-corrected chi connectivity index (χ2v) is 11.5. The lowest BCUT2D eigenvalue weighted by molar-refractivity contribution is -0.121. The summed E-state index contributed by atoms with van der Waals surface area (Å²) in [6, 6.07) is 9.60. The molecule has 1 unspecified atom stereocenters. The average Bonchev–Trinajstić information content (AvgIpc) is 3.30. The van der Waals surface area contributed by atoms with Gasteiger partial charge in [-0.1, -0.05) is 17.7 Å². The Morgan fingerprint density at radius 3 is 2.61 bits per heavy atom. The second-order valence-electron chi connectivity index (χ2n) is 10.2. The van der Waals surface area contributed by atoms with Crippen LogP contribution in [0, 0.1) is 19.8 Å². The highest BCUT2D eigenvalue weighted by atomic mass is 35.5. The number of nitrogens with zero attached hydrogens (tertiary/aromatic N) is 1. The van der Waals surface area contributed by atoms with E-state index in [4.69, 9.17) is 21.1 Å². The number of thioether (sulfide) groups is 1. The Kier molecular flexibility index (Phi) is 7.47. The third-order valence-electron chi connectivity index (χ3n) is 7.74. The molecule has 2 aromatic heterocycles. The summed E-state index contributed by atoms with van der Waals surface area (Å²) in [6.07, 6.45) is 7.66. The Labute approximate surface area is 231 Å². The van der Waals surface area contributed by atoms with Crippen molar-refractivity contribution >= 4 is 29.3 Å². The lowest BCUT2D eigenvalue weighted by Gasteiger charge is -2.37. The van der Waals surface area contributed by atoms with Crippen molar-refractivity contribution in [1.29, 1.82) is 0 Å². The number of ether oxygens (including phenoxy) is 2. The number of amides is 1. The number of carbonyl (C=O) groups is 1. The molecule has 0 spiro atoms. The summed E-state index contributed by atoms with van der Waals surface area (Å²) in [7, 11) is 0. The normalized spacial score (nSPS) is 22.3. The van der Waals surface area contributed by atoms with Crippen LogP contribution >= 0.6 is 23.4 Å². The third kappa shape index (κ3) is 5.04. The number of nitrogens with one attached hydrogen (secondary N) is 2. The van der Waals surface area contributed by atoms with Gasteiger partial charge in [0.25, 0.3) is 17.3 Å². The first-order chi connectivity index (χ1) is 18.2. The zero-order valence-electron chi connectivity index (χ0n) is 22.0. The topological polar surface area (TPSA) is 93.3 Å². The fraction of sp³-hybridized carbons (Fsp3) is 0.414. The maximum absolute atomic E-state index is 13.2. The summed E-state index contributed by atoms with van der Waals surface area (Å²) >= 11 is 8.09. The van der Waals surface area contributed by atoms with Gasteiger partial charge >= 0.3 is 0 Å². The molecule has 0 radical (unpaired) electrons. The summed E-state index contributed by atoms with van der Waals surface area (Å²) < 4.78 is 12.8. The van der Waals surface area contributed by atoms with Gasteiger partial charge in [0.15, 0.2) is 11.5 Å². The number of halogens is 1. The molecule has 7 nitrogen and oxygen atoms in total. The summed E-state index contributed by atoms with van der Waals surface area (Å²) in [6.45, 7) is 5.74. The van der Waals surface area contributed by atoms with E-state index in [1.807, 2.05) is 51.4 Å². The molecule has 1 amide bonds. The molecular weight excluding hydrogens is 522 g/mol. The number of hydrogen-bond donors (Lipinski definition) is 2. The van der Waals surface area contributed by atoms with Gasteiger partial charge in [-0.25, -0.2) is 0 Å². The van der Waals surface area contributed by atoms with Crippen molar-refractivity contribution in [3.63, 3.8) is 0 Å². The van der Waals surface area contributed by atoms with Gasteiger partial charge in [0.2, 0.25) is 0 Å². The van der Waals surface area contributed by atoms with Crippen LogP contribution in [0.15, 0.2) is 46.2 Å². The molecule has 1 saturated carbocycles. The SMILES string of the molecule is CSc1cc(C)[nH]c(=O)c1CNC(=O)c1cc(Cl)c2c(c1C)OC(C)([C@H]1CC[C@@H](c3ccccn3)CC1)O2. The van der Waals surface area contributed by atoms with Crippen LogP contribution < -0.4 is 20.3 Å². The molecule has 200 valence electrons. The molecule has 0 bridgehead atoms. The highest BCUT2D eigenvalue weighted by molar-refractivity contribution is 7.98. The number of hydrogen-bond acceptors (Lipinski definition) is 6. The Bertz CT molecular complexity index is 1420. The molecule has 3 aromatic rings. The van der Waals surface area contributed by atoms with E-state index < -0.39 is 5.79 Å². The first-order valence-electron chi connectivity index (χ1n) is 12.9. The highest BCUT2D eigenvalue weighted by Gasteiger charge is 2.47. The van der Waals surface area contributed by atoms with Crippen LogP contribution in [0.5, 0.6) is 11.5 Å². The highest BCUT2D eigenvalue weighted by Crippen LogP contribution is 2.52. The molecule has 2 aliphatic rings. The minimum atomic E-state index is -0.858. The molecule has 3 heterocycles. The van der Waals surface area contributed by atoms with Gasteiger partial charge in [-0.15, -0.1) is 11.8 Å². The van der Waals surface area contributed by atoms with Gasteiger partial charge in [0, 0.05) is 64.5 Å². The molecule has 1 aromatic carbocycles. The van der Waals surface area contributed by atoms with Gasteiger partial charge in [0.1, 0.15) is 0 Å². The monoisotopic (exact) mass is 553 g/mol. The number of benzene rings is 1. The van der Waals surface area contributed by atoms with Gasteiger partial charge in [0.05, 0.1) is 5.02 Å². The van der Waals surface area contributed by atoms with Gasteiger partial charge in [-0.2, -0.15) is 0 Å². The van der Waals surface area contributed by atoms with Gasteiger partial charge in [-0.3, -0.25) is 14.6 Å². The quantitative estimate of drug-likeness (QED) is 0.355. The maximum Gasteiger partial charge on any atom is 0.254 e. The van der Waals surface area contributed by atoms with Gasteiger partial charge < -0.3 is 19.8 Å². The maximum atomic E-state index is 13.2. The molecule has 1 atom stereocenters. The van der Waals surface area contributed by atoms with Crippen LogP contribution in [0.25, 0.3) is 0 Å². The summed E-state index contributed by atoms with van der Waals surface area (Å²) in [5.74, 6) is 0.425. The summed E-state index contributed by atoms with van der Waals surface area (Å²) in [5.41, 5.74) is 3.30. The molecule has 9 heteroatoms. The molecule has 1 aliphatic heterocycles. The summed E-state index contributed by atoms with van der Waals surface area (Å²) in [4.78, 5) is 33.9. The van der Waals surface area contributed by atoms with E-state index in [0.717, 1.165) is 42.0 Å². The van der Waals surface area contributed by atoms with Crippen LogP contribution in [-0.4, -0.2) is 27.9 Å². The molecule has 1 aliphatic carbocycles. The van der Waals surface area contributed by atoms with E-state index in [2.05, 4.69) is 21.4 Å². The minimum Gasteiger partial charge on any atom is -0.448 e. The minimum absolute atomic E-state index is 0.105. The predicted octanol–water partition coefficient (Wildman–Crippen LogP) is 6.15. The van der Waals surface area contributed by atoms with E-state index >= 15 is 0 Å². The number of aromatic amines is 1. The standard InChI is InChI=1S/C29H32ClN3O4S/c1-16-13-24(38-4)21(28(35)33-16)15-32-27(34)20-14-22(30)26-25(17(20)2)36-29(3,37-26)19-10-8-18(9-11-19)23-7-5-6-12-31-23/h5-7,12-14,18-19H,8-11,15H2,1-4H3,(H,32,34)(H,33,35)/t18-,19+,29?. The van der Waals surface area contributed by atoms with E-state index in [-0.39, 0.29) is 23.9 Å². The molecule has 38 heavy (non-hydrogen) atoms. The molecular formula is C29H32ClN3O4S. The fourth-order valence-corrected chi connectivity index (χ4v) is 6.52. The number of aromatic nitrogens is 2. The number of carbonyl (C=O) groups excluding carboxylic acids is 1. The molecule has 0 saturated heterocycles. The van der Waals surface area contributed by atoms with E-state index in [1.54, 1.807) is 6.07 Å². The number of pyridine rings is 2. The largest absolute Gasteiger partial charge is 0.448 e. The Balaban J connectivity index is 1.31. The first kappa shape index (κ1) is 26.6. The van der Waals surface area contributed by atoms with Crippen molar-refractivity contribution in [2.45, 2.75) is 69.6 Å². The van der Waals surface area contributed by atoms with Crippen LogP contribution in [0.2, 0.25) is 5.02 Å². The first-order valence-corrected chi connectivity index (χ1v) is 14.5. The van der Waals surface area contributed by atoms with Crippen molar-refractivity contribution in [2.75, 3.05) is 6.26 Å². The molecule has 1 fully saturated rings. The zero-order chi connectivity index (χ0) is 27.0. The van der Waals surface area contributed by atoms with Crippen LogP contribution in [0.1, 0.15) is 71.4 Å². The molecule has 2 N–H and O–H groups in total. The second kappa shape index (κ2) is 10.7. The van der Waals surface area contributed by atoms with Crippen molar-refractivity contribution < 1.29 is 14.3 Å². The van der Waals surface area contributed by atoms with Crippen molar-refractivity contribution in [3.8, 4) is 11.5 Å². The molecule has 5 rings (SSSR count). The third-order valence-corrected chi connectivity index (χ3v) is 8.83. The number of H-pyrrole nitrogens is 1. The van der Waals surface area contributed by atoms with E-state index in [1.165, 1.54) is 11.8 Å². The average molecular weight is 554 g/mol. The number of fused-ring (bicyclic) bond motifs is 1. The summed E-state index contributed by atoms with van der Waals surface area (Å²) in [5, 5.41) is 3.21. The number of aryl methyl sites for hydroxylation is 1. The van der Waals surface area contributed by atoms with E-state index in [9.17, 15) is 9.59 Å². The Morgan fingerprint density at radius 1 is 1.18 bits per heavy atom.